The summed E-state index contributed by atoms with van der Waals surface area (Å²) in [6.45, 7) is 3.50. The van der Waals surface area contributed by atoms with Crippen molar-refractivity contribution >= 4 is 0 Å². The molecule has 1 rings (SSSR count). The van der Waals surface area contributed by atoms with Gasteiger partial charge in [0, 0.05) is 12.1 Å². The van der Waals surface area contributed by atoms with E-state index in [1.807, 2.05) is 6.92 Å². The molecule has 0 aliphatic carbocycles. The van der Waals surface area contributed by atoms with E-state index in [2.05, 4.69) is 0 Å². The predicted octanol–water partition coefficient (Wildman–Crippen LogP) is 2.55. The molecule has 1 unspecified atom stereocenters. The van der Waals surface area contributed by atoms with Gasteiger partial charge in [0.1, 0.15) is 11.6 Å². The van der Waals surface area contributed by atoms with E-state index < -0.39 is 11.6 Å². The van der Waals surface area contributed by atoms with Gasteiger partial charge in [0.25, 0.3) is 0 Å². The highest BCUT2D eigenvalue weighted by molar-refractivity contribution is 5.25. The van der Waals surface area contributed by atoms with Gasteiger partial charge in [-0.1, -0.05) is 6.07 Å². The largest absolute Gasteiger partial charge is 0.328 e. The molecule has 0 aromatic heterocycles. The molecule has 0 fully saturated rings. The topological polar surface area (TPSA) is 26.0 Å². The Balaban J connectivity index is 2.82. The summed E-state index contributed by atoms with van der Waals surface area (Å²) in [6.07, 6.45) is 1.27. The Kier molecular flexibility index (Phi) is 3.58. The quantitative estimate of drug-likeness (QED) is 0.795. The van der Waals surface area contributed by atoms with Crippen molar-refractivity contribution in [2.24, 2.45) is 5.73 Å². The fraction of sp³-hybridized carbons (Fsp3) is 0.455. The second-order valence-corrected chi connectivity index (χ2v) is 3.71. The summed E-state index contributed by atoms with van der Waals surface area (Å²) in [7, 11) is 0. The summed E-state index contributed by atoms with van der Waals surface area (Å²) in [5, 5.41) is 0. The van der Waals surface area contributed by atoms with E-state index in [-0.39, 0.29) is 6.04 Å². The Morgan fingerprint density at radius 3 is 2.50 bits per heavy atom. The SMILES string of the molecule is Cc1cc(CCC(C)N)c(F)cc1F. The molecule has 1 aromatic carbocycles. The molecule has 1 nitrogen and oxygen atoms in total. The molecule has 2 N–H and O–H groups in total. The number of nitrogens with two attached hydrogens (primary N) is 1. The number of halogens is 2. The molecule has 14 heavy (non-hydrogen) atoms. The monoisotopic (exact) mass is 199 g/mol. The molecule has 0 saturated heterocycles. The number of rotatable bonds is 3. The van der Waals surface area contributed by atoms with Gasteiger partial charge in [0.15, 0.2) is 0 Å². The van der Waals surface area contributed by atoms with E-state index >= 15 is 0 Å². The third kappa shape index (κ3) is 2.77. The fourth-order valence-electron chi connectivity index (χ4n) is 1.29. The summed E-state index contributed by atoms with van der Waals surface area (Å²) in [6, 6.07) is 2.53. The van der Waals surface area contributed by atoms with Crippen molar-refractivity contribution in [2.45, 2.75) is 32.7 Å². The Hall–Kier alpha value is -0.960. The van der Waals surface area contributed by atoms with Gasteiger partial charge in [-0.2, -0.15) is 0 Å². The van der Waals surface area contributed by atoms with Crippen LogP contribution in [0.5, 0.6) is 0 Å². The minimum Gasteiger partial charge on any atom is -0.328 e. The van der Waals surface area contributed by atoms with Crippen molar-refractivity contribution in [1.29, 1.82) is 0 Å². The molecule has 0 aliphatic heterocycles. The first-order valence-electron chi connectivity index (χ1n) is 4.71. The Bertz CT molecular complexity index is 321. The molecule has 0 bridgehead atoms. The highest BCUT2D eigenvalue weighted by atomic mass is 19.1. The summed E-state index contributed by atoms with van der Waals surface area (Å²) < 4.78 is 26.1. The van der Waals surface area contributed by atoms with Crippen molar-refractivity contribution in [3.63, 3.8) is 0 Å². The summed E-state index contributed by atoms with van der Waals surface area (Å²) >= 11 is 0. The van der Waals surface area contributed by atoms with E-state index in [1.54, 1.807) is 13.0 Å². The second-order valence-electron chi connectivity index (χ2n) is 3.71. The maximum atomic E-state index is 13.2. The van der Waals surface area contributed by atoms with Crippen LogP contribution in [-0.4, -0.2) is 6.04 Å². The zero-order chi connectivity index (χ0) is 10.7. The van der Waals surface area contributed by atoms with Crippen LogP contribution in [-0.2, 0) is 6.42 Å². The minimum atomic E-state index is -0.493. The first-order chi connectivity index (χ1) is 6.50. The van der Waals surface area contributed by atoms with Gasteiger partial charge in [-0.15, -0.1) is 0 Å². The first-order valence-corrected chi connectivity index (χ1v) is 4.71. The van der Waals surface area contributed by atoms with E-state index in [4.69, 9.17) is 5.73 Å². The lowest BCUT2D eigenvalue weighted by Gasteiger charge is -2.07. The Morgan fingerprint density at radius 2 is 1.93 bits per heavy atom. The molecule has 0 aliphatic rings. The van der Waals surface area contributed by atoms with Gasteiger partial charge < -0.3 is 5.73 Å². The average Bonchev–Trinajstić information content (AvgIpc) is 2.09. The summed E-state index contributed by atoms with van der Waals surface area (Å²) in [5.74, 6) is -0.971. The highest BCUT2D eigenvalue weighted by Gasteiger charge is 2.07. The van der Waals surface area contributed by atoms with Gasteiger partial charge in [-0.25, -0.2) is 8.78 Å². The van der Waals surface area contributed by atoms with Crippen LogP contribution >= 0.6 is 0 Å². The smallest absolute Gasteiger partial charge is 0.129 e. The normalized spacial score (nSPS) is 12.9. The average molecular weight is 199 g/mol. The molecule has 78 valence electrons. The molecule has 0 saturated carbocycles. The standard InChI is InChI=1S/C11H15F2N/c1-7-5-9(4-3-8(2)14)11(13)6-10(7)12/h5-6,8H,3-4,14H2,1-2H3. The zero-order valence-corrected chi connectivity index (χ0v) is 8.48. The Morgan fingerprint density at radius 1 is 1.29 bits per heavy atom. The number of hydrogen-bond acceptors (Lipinski definition) is 1. The van der Waals surface area contributed by atoms with Gasteiger partial charge >= 0.3 is 0 Å². The van der Waals surface area contributed by atoms with E-state index in [1.165, 1.54) is 0 Å². The van der Waals surface area contributed by atoms with Gasteiger partial charge in [0.2, 0.25) is 0 Å². The maximum Gasteiger partial charge on any atom is 0.129 e. The van der Waals surface area contributed by atoms with Crippen LogP contribution in [0, 0.1) is 18.6 Å². The molecular weight excluding hydrogens is 184 g/mol. The lowest BCUT2D eigenvalue weighted by atomic mass is 10.0. The zero-order valence-electron chi connectivity index (χ0n) is 8.48. The third-order valence-electron chi connectivity index (χ3n) is 2.20. The van der Waals surface area contributed by atoms with Gasteiger partial charge in [-0.05, 0) is 37.8 Å². The van der Waals surface area contributed by atoms with Crippen molar-refractivity contribution < 1.29 is 8.78 Å². The van der Waals surface area contributed by atoms with Crippen LogP contribution in [0.3, 0.4) is 0 Å². The van der Waals surface area contributed by atoms with Crippen LogP contribution in [0.4, 0.5) is 8.78 Å². The lowest BCUT2D eigenvalue weighted by molar-refractivity contribution is 0.558. The lowest BCUT2D eigenvalue weighted by Crippen LogP contribution is -2.15. The molecule has 3 heteroatoms. The van der Waals surface area contributed by atoms with Crippen molar-refractivity contribution in [3.8, 4) is 0 Å². The Labute approximate surface area is 82.9 Å². The summed E-state index contributed by atoms with van der Waals surface area (Å²) in [4.78, 5) is 0. The maximum absolute atomic E-state index is 13.2. The second kappa shape index (κ2) is 4.51. The first kappa shape index (κ1) is 11.1. The van der Waals surface area contributed by atoms with Crippen LogP contribution < -0.4 is 5.73 Å². The molecule has 0 spiro atoms. The van der Waals surface area contributed by atoms with Crippen LogP contribution in [0.2, 0.25) is 0 Å². The van der Waals surface area contributed by atoms with Gasteiger partial charge in [0.05, 0.1) is 0 Å². The third-order valence-corrected chi connectivity index (χ3v) is 2.20. The van der Waals surface area contributed by atoms with Crippen LogP contribution in [0.25, 0.3) is 0 Å². The molecule has 0 heterocycles. The van der Waals surface area contributed by atoms with Crippen molar-refractivity contribution in [2.75, 3.05) is 0 Å². The molecule has 0 radical (unpaired) electrons. The molecule has 1 aromatic rings. The molecule has 1 atom stereocenters. The van der Waals surface area contributed by atoms with Crippen molar-refractivity contribution in [3.05, 3.63) is 34.9 Å². The number of hydrogen-bond donors (Lipinski definition) is 1. The minimum absolute atomic E-state index is 0.0414. The molecule has 0 amide bonds. The van der Waals surface area contributed by atoms with Crippen LogP contribution in [0.1, 0.15) is 24.5 Å². The van der Waals surface area contributed by atoms with Gasteiger partial charge in [-0.3, -0.25) is 0 Å². The van der Waals surface area contributed by atoms with E-state index in [9.17, 15) is 8.78 Å². The predicted molar refractivity (Wildman–Crippen MR) is 53.1 cm³/mol. The van der Waals surface area contributed by atoms with E-state index in [0.717, 1.165) is 6.07 Å². The molecular formula is C11H15F2N. The van der Waals surface area contributed by atoms with Crippen molar-refractivity contribution in [1.82, 2.24) is 0 Å². The van der Waals surface area contributed by atoms with E-state index in [0.29, 0.717) is 24.0 Å². The number of benzene rings is 1. The highest BCUT2D eigenvalue weighted by Crippen LogP contribution is 2.15. The van der Waals surface area contributed by atoms with Crippen LogP contribution in [0.15, 0.2) is 12.1 Å². The summed E-state index contributed by atoms with van der Waals surface area (Å²) in [5.41, 5.74) is 6.58. The number of aryl methyl sites for hydroxylation is 2. The fourth-order valence-corrected chi connectivity index (χ4v) is 1.29.